The van der Waals surface area contributed by atoms with Crippen LogP contribution in [-0.4, -0.2) is 36.2 Å². The number of rotatable bonds is 8. The van der Waals surface area contributed by atoms with Crippen molar-refractivity contribution in [2.24, 2.45) is 0 Å². The molecular weight excluding hydrogens is 463 g/mol. The maximum absolute atomic E-state index is 14.8. The van der Waals surface area contributed by atoms with Gasteiger partial charge in [-0.25, -0.2) is 18.2 Å². The minimum atomic E-state index is -1.07. The molecule has 0 aliphatic rings. The molecule has 0 atom stereocenters. The Labute approximate surface area is 198 Å². The Kier molecular flexibility index (Phi) is 7.11. The van der Waals surface area contributed by atoms with Gasteiger partial charge in [-0.1, -0.05) is 12.1 Å². The van der Waals surface area contributed by atoms with E-state index in [-0.39, 0.29) is 22.5 Å². The van der Waals surface area contributed by atoms with Gasteiger partial charge in [0.05, 0.1) is 23.4 Å². The molecule has 2 aromatic carbocycles. The fourth-order valence-corrected chi connectivity index (χ4v) is 3.27. The number of pyridine rings is 2. The zero-order valence-corrected chi connectivity index (χ0v) is 18.8. The van der Waals surface area contributed by atoms with Gasteiger partial charge in [-0.15, -0.1) is 0 Å². The van der Waals surface area contributed by atoms with Crippen molar-refractivity contribution in [1.82, 2.24) is 9.97 Å². The Hall–Kier alpha value is -4.18. The number of methoxy groups -OCH3 is 1. The maximum Gasteiger partial charge on any atom is 0.258 e. The lowest BCUT2D eigenvalue weighted by atomic mass is 10.2. The third-order valence-electron chi connectivity index (χ3n) is 4.95. The van der Waals surface area contributed by atoms with Crippen LogP contribution in [0.5, 0.6) is 17.2 Å². The number of hydrogen-bond donors (Lipinski definition) is 1. The molecule has 35 heavy (non-hydrogen) atoms. The lowest BCUT2D eigenvalue weighted by Crippen LogP contribution is -2.14. The number of halogens is 3. The second-order valence-electron chi connectivity index (χ2n) is 7.40. The summed E-state index contributed by atoms with van der Waals surface area (Å²) in [6.45, 7) is 2.42. The Balaban J connectivity index is 1.59. The smallest absolute Gasteiger partial charge is 0.258 e. The van der Waals surface area contributed by atoms with E-state index in [9.17, 15) is 18.0 Å². The molecule has 0 aliphatic heterocycles. The van der Waals surface area contributed by atoms with E-state index < -0.39 is 29.1 Å². The molecule has 7 nitrogen and oxygen atoms in total. The van der Waals surface area contributed by atoms with Crippen molar-refractivity contribution in [2.45, 2.75) is 6.92 Å². The molecule has 2 heterocycles. The molecule has 180 valence electrons. The Morgan fingerprint density at radius 1 is 0.971 bits per heavy atom. The van der Waals surface area contributed by atoms with E-state index in [1.54, 1.807) is 20.1 Å². The Bertz CT molecular complexity index is 1380. The van der Waals surface area contributed by atoms with Gasteiger partial charge < -0.3 is 19.5 Å². The SMILES string of the molecule is COCCOc1cc2nccc(Oc3c(F)cc(NC(=O)c4ccccc4F)cc3F)c2nc1C. The summed E-state index contributed by atoms with van der Waals surface area (Å²) in [6, 6.07) is 10.1. The first-order chi connectivity index (χ1) is 16.9. The molecule has 1 amide bonds. The monoisotopic (exact) mass is 483 g/mol. The van der Waals surface area contributed by atoms with Crippen molar-refractivity contribution in [3.05, 3.63) is 83.4 Å². The van der Waals surface area contributed by atoms with Crippen LogP contribution in [-0.2, 0) is 4.74 Å². The second kappa shape index (κ2) is 10.4. The van der Waals surface area contributed by atoms with E-state index in [0.29, 0.717) is 30.2 Å². The molecule has 10 heteroatoms. The van der Waals surface area contributed by atoms with Gasteiger partial charge in [-0.3, -0.25) is 9.78 Å². The van der Waals surface area contributed by atoms with E-state index in [2.05, 4.69) is 15.3 Å². The number of carbonyl (C=O) groups excluding carboxylic acids is 1. The number of anilines is 1. The fraction of sp³-hybridized carbons (Fsp3) is 0.160. The highest BCUT2D eigenvalue weighted by Crippen LogP contribution is 2.34. The number of benzene rings is 2. The zero-order chi connectivity index (χ0) is 24.9. The zero-order valence-electron chi connectivity index (χ0n) is 18.8. The number of nitrogens with one attached hydrogen (secondary N) is 1. The summed E-state index contributed by atoms with van der Waals surface area (Å²) in [5.74, 6) is -3.88. The first-order valence-corrected chi connectivity index (χ1v) is 10.5. The van der Waals surface area contributed by atoms with Crippen molar-refractivity contribution in [1.29, 1.82) is 0 Å². The van der Waals surface area contributed by atoms with Gasteiger partial charge in [0.25, 0.3) is 5.91 Å². The van der Waals surface area contributed by atoms with Gasteiger partial charge in [-0.05, 0) is 19.1 Å². The minimum absolute atomic E-state index is 0.0717. The summed E-state index contributed by atoms with van der Waals surface area (Å²) in [5, 5.41) is 2.28. The highest BCUT2D eigenvalue weighted by molar-refractivity contribution is 6.04. The topological polar surface area (TPSA) is 82.6 Å². The van der Waals surface area contributed by atoms with E-state index in [1.807, 2.05) is 0 Å². The van der Waals surface area contributed by atoms with Crippen LogP contribution in [0.15, 0.2) is 54.7 Å². The first kappa shape index (κ1) is 24.0. The van der Waals surface area contributed by atoms with Gasteiger partial charge >= 0.3 is 0 Å². The van der Waals surface area contributed by atoms with E-state index in [0.717, 1.165) is 18.2 Å². The highest BCUT2D eigenvalue weighted by atomic mass is 19.1. The number of aryl methyl sites for hydroxylation is 1. The van der Waals surface area contributed by atoms with Crippen LogP contribution in [0, 0.1) is 24.4 Å². The fourth-order valence-electron chi connectivity index (χ4n) is 3.27. The Morgan fingerprint density at radius 3 is 2.43 bits per heavy atom. The molecular formula is C25H20F3N3O4. The number of hydrogen-bond acceptors (Lipinski definition) is 6. The first-order valence-electron chi connectivity index (χ1n) is 10.5. The summed E-state index contributed by atoms with van der Waals surface area (Å²) in [6.07, 6.45) is 1.41. The number of amides is 1. The van der Waals surface area contributed by atoms with Crippen LogP contribution in [0.1, 0.15) is 16.1 Å². The van der Waals surface area contributed by atoms with E-state index >= 15 is 0 Å². The molecule has 0 saturated carbocycles. The highest BCUT2D eigenvalue weighted by Gasteiger charge is 2.19. The van der Waals surface area contributed by atoms with Crippen LogP contribution >= 0.6 is 0 Å². The van der Waals surface area contributed by atoms with Crippen molar-refractivity contribution in [3.63, 3.8) is 0 Å². The predicted octanol–water partition coefficient (Wildman–Crippen LogP) is 5.43. The number of aromatic nitrogens is 2. The normalized spacial score (nSPS) is 10.9. The summed E-state index contributed by atoms with van der Waals surface area (Å²) >= 11 is 0. The third-order valence-corrected chi connectivity index (χ3v) is 4.95. The molecule has 0 saturated heterocycles. The number of ether oxygens (including phenoxy) is 3. The van der Waals surface area contributed by atoms with Crippen LogP contribution in [0.25, 0.3) is 11.0 Å². The summed E-state index contributed by atoms with van der Waals surface area (Å²) in [4.78, 5) is 20.9. The van der Waals surface area contributed by atoms with Crippen molar-refractivity contribution >= 4 is 22.6 Å². The third kappa shape index (κ3) is 5.33. The number of fused-ring (bicyclic) bond motifs is 1. The lowest BCUT2D eigenvalue weighted by molar-refractivity contribution is 0.102. The van der Waals surface area contributed by atoms with Crippen LogP contribution in [0.3, 0.4) is 0 Å². The molecule has 0 spiro atoms. The average Bonchev–Trinajstić information content (AvgIpc) is 2.82. The van der Waals surface area contributed by atoms with Crippen molar-refractivity contribution in [2.75, 3.05) is 25.6 Å². The van der Waals surface area contributed by atoms with Gasteiger partial charge in [0.2, 0.25) is 0 Å². The molecule has 4 aromatic rings. The second-order valence-corrected chi connectivity index (χ2v) is 7.40. The molecule has 0 bridgehead atoms. The van der Waals surface area contributed by atoms with Gasteiger partial charge in [-0.2, -0.15) is 0 Å². The summed E-state index contributed by atoms with van der Waals surface area (Å²) < 4.78 is 59.5. The molecule has 0 unspecified atom stereocenters. The largest absolute Gasteiger partial charge is 0.489 e. The number of nitrogens with zero attached hydrogens (tertiary/aromatic N) is 2. The summed E-state index contributed by atoms with van der Waals surface area (Å²) in [5.41, 5.74) is 0.740. The quantitative estimate of drug-likeness (QED) is 0.337. The summed E-state index contributed by atoms with van der Waals surface area (Å²) in [7, 11) is 1.56. The van der Waals surface area contributed by atoms with Gasteiger partial charge in [0, 0.05) is 43.3 Å². The standard InChI is InChI=1S/C25H20F3N3O4/c1-14-22(34-10-9-33-2)13-20-23(30-14)21(7-8-29-20)35-24-18(27)11-15(12-19(24)28)31-25(32)16-5-3-4-6-17(16)26/h3-8,11-13H,9-10H2,1-2H3,(H,31,32). The molecule has 0 fully saturated rings. The van der Waals surface area contributed by atoms with Crippen molar-refractivity contribution < 1.29 is 32.2 Å². The van der Waals surface area contributed by atoms with Gasteiger partial charge in [0.15, 0.2) is 23.1 Å². The number of carbonyl (C=O) groups is 1. The maximum atomic E-state index is 14.8. The van der Waals surface area contributed by atoms with E-state index in [1.165, 1.54) is 30.5 Å². The predicted molar refractivity (Wildman–Crippen MR) is 122 cm³/mol. The van der Waals surface area contributed by atoms with Crippen molar-refractivity contribution in [3.8, 4) is 17.2 Å². The molecule has 0 aliphatic carbocycles. The molecule has 1 N–H and O–H groups in total. The molecule has 2 aromatic heterocycles. The lowest BCUT2D eigenvalue weighted by Gasteiger charge is -2.13. The minimum Gasteiger partial charge on any atom is -0.489 e. The van der Waals surface area contributed by atoms with Crippen LogP contribution in [0.4, 0.5) is 18.9 Å². The average molecular weight is 483 g/mol. The van der Waals surface area contributed by atoms with Crippen LogP contribution < -0.4 is 14.8 Å². The van der Waals surface area contributed by atoms with Gasteiger partial charge in [0.1, 0.15) is 23.7 Å². The van der Waals surface area contributed by atoms with Crippen LogP contribution in [0.2, 0.25) is 0 Å². The van der Waals surface area contributed by atoms with E-state index in [4.69, 9.17) is 14.2 Å². The molecule has 0 radical (unpaired) electrons. The molecule has 4 rings (SSSR count). The Morgan fingerprint density at radius 2 is 1.71 bits per heavy atom.